The van der Waals surface area contributed by atoms with Crippen LogP contribution >= 0.6 is 0 Å². The topological polar surface area (TPSA) is 87.7 Å². The summed E-state index contributed by atoms with van der Waals surface area (Å²) >= 11 is 0. The van der Waals surface area contributed by atoms with Gasteiger partial charge < -0.3 is 20.5 Å². The van der Waals surface area contributed by atoms with Gasteiger partial charge in [0.1, 0.15) is 6.04 Å². The first-order valence-corrected chi connectivity index (χ1v) is 6.77. The van der Waals surface area contributed by atoms with Gasteiger partial charge >= 0.3 is 12.0 Å². The number of carboxylic acid groups (broad SMARTS) is 1. The Balaban J connectivity index is 2.41. The van der Waals surface area contributed by atoms with Crippen LogP contribution in [0.15, 0.2) is 0 Å². The molecule has 3 N–H and O–H groups in total. The fraction of sp³-hybridized carbons (Fsp3) is 0.846. The molecule has 19 heavy (non-hydrogen) atoms. The van der Waals surface area contributed by atoms with Crippen LogP contribution in [0.25, 0.3) is 0 Å². The Kier molecular flexibility index (Phi) is 6.08. The van der Waals surface area contributed by atoms with Gasteiger partial charge in [-0.15, -0.1) is 0 Å². The van der Waals surface area contributed by atoms with Gasteiger partial charge in [-0.25, -0.2) is 9.59 Å². The normalized spacial score (nSPS) is 22.0. The van der Waals surface area contributed by atoms with Crippen molar-refractivity contribution in [3.8, 4) is 0 Å². The zero-order valence-electron chi connectivity index (χ0n) is 11.8. The Morgan fingerprint density at radius 3 is 2.47 bits per heavy atom. The lowest BCUT2D eigenvalue weighted by atomic mass is 10.0. The number of amides is 2. The van der Waals surface area contributed by atoms with Crippen LogP contribution in [0.5, 0.6) is 0 Å². The molecule has 0 aromatic carbocycles. The van der Waals surface area contributed by atoms with Gasteiger partial charge in [0.05, 0.1) is 6.61 Å². The lowest BCUT2D eigenvalue weighted by Crippen LogP contribution is -2.50. The maximum absolute atomic E-state index is 11.8. The average molecular weight is 272 g/mol. The number of urea groups is 1. The van der Waals surface area contributed by atoms with Gasteiger partial charge in [-0.1, -0.05) is 13.8 Å². The number of carbonyl (C=O) groups is 2. The van der Waals surface area contributed by atoms with Gasteiger partial charge in [0, 0.05) is 18.6 Å². The van der Waals surface area contributed by atoms with E-state index in [1.807, 2.05) is 20.8 Å². The van der Waals surface area contributed by atoms with E-state index in [4.69, 9.17) is 9.84 Å². The molecule has 1 saturated heterocycles. The number of hydrogen-bond donors (Lipinski definition) is 3. The van der Waals surface area contributed by atoms with Crippen molar-refractivity contribution < 1.29 is 19.4 Å². The highest BCUT2D eigenvalue weighted by atomic mass is 16.5. The summed E-state index contributed by atoms with van der Waals surface area (Å²) in [7, 11) is 0. The second-order valence-electron chi connectivity index (χ2n) is 5.55. The van der Waals surface area contributed by atoms with Gasteiger partial charge in [-0.05, 0) is 25.7 Å². The third-order valence-electron chi connectivity index (χ3n) is 3.34. The van der Waals surface area contributed by atoms with E-state index >= 15 is 0 Å². The molecular weight excluding hydrogens is 248 g/mol. The van der Waals surface area contributed by atoms with Crippen LogP contribution in [0, 0.1) is 11.8 Å². The molecule has 0 aromatic heterocycles. The minimum Gasteiger partial charge on any atom is -0.480 e. The van der Waals surface area contributed by atoms with Crippen molar-refractivity contribution in [2.75, 3.05) is 13.2 Å². The summed E-state index contributed by atoms with van der Waals surface area (Å²) in [5.41, 5.74) is 0. The number of rotatable bonds is 6. The Bertz CT molecular complexity index is 314. The zero-order valence-corrected chi connectivity index (χ0v) is 11.8. The van der Waals surface area contributed by atoms with Crippen molar-refractivity contribution in [2.24, 2.45) is 11.8 Å². The van der Waals surface area contributed by atoms with Crippen LogP contribution in [0.4, 0.5) is 4.79 Å². The maximum atomic E-state index is 11.8. The highest BCUT2D eigenvalue weighted by Crippen LogP contribution is 2.16. The molecule has 1 aliphatic heterocycles. The Hall–Kier alpha value is -1.30. The summed E-state index contributed by atoms with van der Waals surface area (Å²) < 4.78 is 5.27. The van der Waals surface area contributed by atoms with E-state index in [9.17, 15) is 9.59 Å². The molecule has 0 saturated carbocycles. The van der Waals surface area contributed by atoms with E-state index in [0.717, 1.165) is 13.0 Å². The van der Waals surface area contributed by atoms with E-state index < -0.39 is 18.0 Å². The number of carboxylic acids is 1. The van der Waals surface area contributed by atoms with E-state index in [1.54, 1.807) is 0 Å². The molecule has 0 bridgehead atoms. The largest absolute Gasteiger partial charge is 0.480 e. The van der Waals surface area contributed by atoms with Crippen molar-refractivity contribution in [3.63, 3.8) is 0 Å². The average Bonchev–Trinajstić information content (AvgIpc) is 2.80. The first-order valence-electron chi connectivity index (χ1n) is 6.77. The fourth-order valence-corrected chi connectivity index (χ4v) is 2.16. The quantitative estimate of drug-likeness (QED) is 0.678. The molecule has 0 aliphatic carbocycles. The number of aliphatic carboxylic acids is 1. The van der Waals surface area contributed by atoms with Crippen LogP contribution < -0.4 is 10.6 Å². The van der Waals surface area contributed by atoms with Crippen LogP contribution in [0.1, 0.15) is 33.6 Å². The zero-order chi connectivity index (χ0) is 14.4. The molecule has 2 amide bonds. The molecule has 1 fully saturated rings. The van der Waals surface area contributed by atoms with Crippen molar-refractivity contribution in [2.45, 2.75) is 45.7 Å². The van der Waals surface area contributed by atoms with Gasteiger partial charge in [-0.2, -0.15) is 0 Å². The monoisotopic (exact) mass is 272 g/mol. The summed E-state index contributed by atoms with van der Waals surface area (Å²) in [6.07, 6.45) is 1.35. The van der Waals surface area contributed by atoms with Crippen LogP contribution in [0.3, 0.4) is 0 Å². The molecule has 6 nitrogen and oxygen atoms in total. The van der Waals surface area contributed by atoms with E-state index in [2.05, 4.69) is 10.6 Å². The second kappa shape index (κ2) is 7.33. The molecule has 6 heteroatoms. The standard InChI is InChI=1S/C13H24N2O4/c1-8(2)6-11(12(16)17)15-13(18)14-9(3)10-4-5-19-7-10/h8-11H,4-7H2,1-3H3,(H,16,17)(H2,14,15,18). The van der Waals surface area contributed by atoms with E-state index in [0.29, 0.717) is 18.9 Å². The summed E-state index contributed by atoms with van der Waals surface area (Å²) in [6, 6.07) is -1.28. The highest BCUT2D eigenvalue weighted by Gasteiger charge is 2.26. The predicted octanol–water partition coefficient (Wildman–Crippen LogP) is 1.21. The minimum atomic E-state index is -0.999. The van der Waals surface area contributed by atoms with Crippen molar-refractivity contribution in [1.29, 1.82) is 0 Å². The fourth-order valence-electron chi connectivity index (χ4n) is 2.16. The van der Waals surface area contributed by atoms with Crippen LogP contribution in [0.2, 0.25) is 0 Å². The first kappa shape index (κ1) is 15.8. The van der Waals surface area contributed by atoms with E-state index in [1.165, 1.54) is 0 Å². The predicted molar refractivity (Wildman–Crippen MR) is 70.9 cm³/mol. The Morgan fingerprint density at radius 2 is 2.00 bits per heavy atom. The molecule has 1 heterocycles. The summed E-state index contributed by atoms with van der Waals surface area (Å²) in [4.78, 5) is 22.8. The van der Waals surface area contributed by atoms with Crippen LogP contribution in [-0.4, -0.2) is 42.4 Å². The molecular formula is C13H24N2O4. The summed E-state index contributed by atoms with van der Waals surface area (Å²) in [5, 5.41) is 14.4. The third-order valence-corrected chi connectivity index (χ3v) is 3.34. The van der Waals surface area contributed by atoms with Gasteiger partial charge in [-0.3, -0.25) is 0 Å². The summed E-state index contributed by atoms with van der Waals surface area (Å²) in [6.45, 7) is 7.14. The van der Waals surface area contributed by atoms with Crippen molar-refractivity contribution >= 4 is 12.0 Å². The lowest BCUT2D eigenvalue weighted by molar-refractivity contribution is -0.139. The van der Waals surface area contributed by atoms with Crippen molar-refractivity contribution in [1.82, 2.24) is 10.6 Å². The molecule has 3 unspecified atom stereocenters. The number of hydrogen-bond acceptors (Lipinski definition) is 3. The molecule has 110 valence electrons. The first-order chi connectivity index (χ1) is 8.90. The molecule has 1 rings (SSSR count). The smallest absolute Gasteiger partial charge is 0.326 e. The summed E-state index contributed by atoms with van der Waals surface area (Å²) in [5.74, 6) is -0.484. The van der Waals surface area contributed by atoms with E-state index in [-0.39, 0.29) is 12.0 Å². The number of carbonyl (C=O) groups excluding carboxylic acids is 1. The van der Waals surface area contributed by atoms with Gasteiger partial charge in [0.2, 0.25) is 0 Å². The molecule has 3 atom stereocenters. The van der Waals surface area contributed by atoms with Crippen molar-refractivity contribution in [3.05, 3.63) is 0 Å². The second-order valence-corrected chi connectivity index (χ2v) is 5.55. The Morgan fingerprint density at radius 1 is 1.32 bits per heavy atom. The lowest BCUT2D eigenvalue weighted by Gasteiger charge is -2.22. The molecule has 0 radical (unpaired) electrons. The minimum absolute atomic E-state index is 0.0176. The van der Waals surface area contributed by atoms with Crippen LogP contribution in [-0.2, 0) is 9.53 Å². The van der Waals surface area contributed by atoms with Gasteiger partial charge in [0.15, 0.2) is 0 Å². The number of ether oxygens (including phenoxy) is 1. The maximum Gasteiger partial charge on any atom is 0.326 e. The van der Waals surface area contributed by atoms with Gasteiger partial charge in [0.25, 0.3) is 0 Å². The number of nitrogens with one attached hydrogen (secondary N) is 2. The molecule has 0 aromatic rings. The molecule has 0 spiro atoms. The molecule has 1 aliphatic rings. The highest BCUT2D eigenvalue weighted by molar-refractivity contribution is 5.82. The Labute approximate surface area is 113 Å². The third kappa shape index (κ3) is 5.46. The SMILES string of the molecule is CC(C)CC(NC(=O)NC(C)C1CCOC1)C(=O)O.